The Morgan fingerprint density at radius 1 is 1.12 bits per heavy atom. The molecule has 2 aliphatic rings. The van der Waals surface area contributed by atoms with Crippen molar-refractivity contribution < 1.29 is 18.7 Å². The van der Waals surface area contributed by atoms with Gasteiger partial charge in [0.25, 0.3) is 0 Å². The zero-order valence-electron chi connectivity index (χ0n) is 15.0. The largest absolute Gasteiger partial charge is 0.489 e. The summed E-state index contributed by atoms with van der Waals surface area (Å²) in [7, 11) is 0. The molecule has 5 heteroatoms. The number of fused-ring (bicyclic) bond motifs is 6. The van der Waals surface area contributed by atoms with Crippen LogP contribution in [-0.4, -0.2) is 17.5 Å². The first-order valence-electron chi connectivity index (χ1n) is 8.41. The second kappa shape index (κ2) is 4.97. The maximum absolute atomic E-state index is 12.7. The lowest BCUT2D eigenvalue weighted by molar-refractivity contribution is 0.0869. The third-order valence-electron chi connectivity index (χ3n) is 4.92. The first-order valence-corrected chi connectivity index (χ1v) is 8.41. The zero-order chi connectivity index (χ0) is 18.1. The molecule has 0 aliphatic carbocycles. The van der Waals surface area contributed by atoms with Crippen LogP contribution in [0.1, 0.15) is 54.2 Å². The first kappa shape index (κ1) is 15.9. The molecule has 1 atom stereocenters. The Bertz CT molecular complexity index is 1020. The summed E-state index contributed by atoms with van der Waals surface area (Å²) in [5, 5.41) is 0.676. The minimum Gasteiger partial charge on any atom is -0.489 e. The van der Waals surface area contributed by atoms with Gasteiger partial charge >= 0.3 is 5.63 Å². The van der Waals surface area contributed by atoms with E-state index >= 15 is 0 Å². The van der Waals surface area contributed by atoms with Crippen molar-refractivity contribution in [3.8, 4) is 11.5 Å². The Morgan fingerprint density at radius 3 is 2.56 bits per heavy atom. The van der Waals surface area contributed by atoms with Crippen LogP contribution in [0.4, 0.5) is 0 Å². The highest BCUT2D eigenvalue weighted by Gasteiger charge is 2.36. The minimum atomic E-state index is -0.505. The predicted octanol–water partition coefficient (Wildman–Crippen LogP) is 3.95. The summed E-state index contributed by atoms with van der Waals surface area (Å²) in [5.41, 5.74) is 1.69. The SMILES string of the molecule is Cc1c(C)c2c3c(c4c(c2oc1=O)C(=O)CC(C)O4)C=CC(C)(C)O3. The Labute approximate surface area is 145 Å². The third-order valence-corrected chi connectivity index (χ3v) is 4.92. The molecule has 25 heavy (non-hydrogen) atoms. The second-order valence-electron chi connectivity index (χ2n) is 7.39. The number of carbonyl (C=O) groups is 1. The molecule has 1 aromatic heterocycles. The summed E-state index contributed by atoms with van der Waals surface area (Å²) in [6.45, 7) is 9.33. The number of aryl methyl sites for hydroxylation is 1. The van der Waals surface area contributed by atoms with Gasteiger partial charge in [-0.05, 0) is 52.3 Å². The van der Waals surface area contributed by atoms with Crippen molar-refractivity contribution in [2.45, 2.75) is 52.7 Å². The molecule has 1 unspecified atom stereocenters. The number of carbonyl (C=O) groups excluding carboxylic acids is 1. The molecule has 0 fully saturated rings. The van der Waals surface area contributed by atoms with Crippen molar-refractivity contribution >= 4 is 22.8 Å². The van der Waals surface area contributed by atoms with Gasteiger partial charge in [-0.1, -0.05) is 0 Å². The van der Waals surface area contributed by atoms with Gasteiger partial charge in [-0.3, -0.25) is 4.79 Å². The Morgan fingerprint density at radius 2 is 1.84 bits per heavy atom. The lowest BCUT2D eigenvalue weighted by Gasteiger charge is -2.33. The van der Waals surface area contributed by atoms with Crippen LogP contribution >= 0.6 is 0 Å². The molecular weight excluding hydrogens is 320 g/mol. The van der Waals surface area contributed by atoms with E-state index in [1.165, 1.54) is 0 Å². The highest BCUT2D eigenvalue weighted by Crippen LogP contribution is 2.48. The number of rotatable bonds is 0. The quantitative estimate of drug-likeness (QED) is 0.680. The van der Waals surface area contributed by atoms with Crippen molar-refractivity contribution in [3.63, 3.8) is 0 Å². The van der Waals surface area contributed by atoms with Gasteiger partial charge in [0.15, 0.2) is 11.4 Å². The number of benzene rings is 1. The van der Waals surface area contributed by atoms with Crippen LogP contribution in [0.3, 0.4) is 0 Å². The minimum absolute atomic E-state index is 0.0776. The van der Waals surface area contributed by atoms with Gasteiger partial charge < -0.3 is 13.9 Å². The van der Waals surface area contributed by atoms with Crippen LogP contribution in [0.5, 0.6) is 11.5 Å². The number of hydrogen-bond donors (Lipinski definition) is 0. The van der Waals surface area contributed by atoms with E-state index in [-0.39, 0.29) is 23.9 Å². The maximum Gasteiger partial charge on any atom is 0.339 e. The third kappa shape index (κ3) is 2.22. The van der Waals surface area contributed by atoms with E-state index in [0.29, 0.717) is 28.0 Å². The molecular formula is C20H20O5. The molecule has 2 aromatic rings. The van der Waals surface area contributed by atoms with E-state index in [0.717, 1.165) is 11.1 Å². The lowest BCUT2D eigenvalue weighted by atomic mass is 9.90. The molecule has 130 valence electrons. The standard InChI is InChI=1S/C20H20O5/c1-9-8-13(21)15-16(23-9)12-6-7-20(4,5)25-17(12)14-10(2)11(3)19(22)24-18(14)15/h6-7,9H,8H2,1-5H3. The average molecular weight is 340 g/mol. The molecule has 0 bridgehead atoms. The van der Waals surface area contributed by atoms with Gasteiger partial charge in [-0.2, -0.15) is 0 Å². The van der Waals surface area contributed by atoms with E-state index in [1.807, 2.05) is 39.8 Å². The van der Waals surface area contributed by atoms with E-state index < -0.39 is 11.2 Å². The molecule has 0 N–H and O–H groups in total. The summed E-state index contributed by atoms with van der Waals surface area (Å²) in [4.78, 5) is 25.0. The summed E-state index contributed by atoms with van der Waals surface area (Å²) < 4.78 is 17.7. The highest BCUT2D eigenvalue weighted by atomic mass is 16.5. The van der Waals surface area contributed by atoms with Gasteiger partial charge in [0.05, 0.1) is 10.9 Å². The van der Waals surface area contributed by atoms with Gasteiger partial charge in [0.1, 0.15) is 28.8 Å². The molecule has 0 spiro atoms. The first-order chi connectivity index (χ1) is 11.7. The van der Waals surface area contributed by atoms with E-state index in [1.54, 1.807) is 6.92 Å². The highest BCUT2D eigenvalue weighted by molar-refractivity contribution is 6.13. The molecule has 4 rings (SSSR count). The molecule has 0 saturated heterocycles. The maximum atomic E-state index is 12.7. The summed E-state index contributed by atoms with van der Waals surface area (Å²) in [6.07, 6.45) is 3.90. The fourth-order valence-electron chi connectivity index (χ4n) is 3.48. The Hall–Kier alpha value is -2.56. The molecule has 1 aromatic carbocycles. The van der Waals surface area contributed by atoms with E-state index in [9.17, 15) is 9.59 Å². The van der Waals surface area contributed by atoms with Crippen molar-refractivity contribution in [2.24, 2.45) is 0 Å². The van der Waals surface area contributed by atoms with Crippen molar-refractivity contribution in [1.82, 2.24) is 0 Å². The fraction of sp³-hybridized carbons (Fsp3) is 0.400. The van der Waals surface area contributed by atoms with Crippen LogP contribution in [0.25, 0.3) is 17.0 Å². The van der Waals surface area contributed by atoms with Gasteiger partial charge in [0, 0.05) is 12.0 Å². The number of ether oxygens (including phenoxy) is 2. The lowest BCUT2D eigenvalue weighted by Crippen LogP contribution is -2.30. The Kier molecular flexibility index (Phi) is 3.17. The van der Waals surface area contributed by atoms with Crippen molar-refractivity contribution in [1.29, 1.82) is 0 Å². The molecule has 2 aliphatic heterocycles. The van der Waals surface area contributed by atoms with Gasteiger partial charge in [-0.15, -0.1) is 0 Å². The summed E-state index contributed by atoms with van der Waals surface area (Å²) >= 11 is 0. The van der Waals surface area contributed by atoms with E-state index in [4.69, 9.17) is 13.9 Å². The van der Waals surface area contributed by atoms with Crippen LogP contribution in [-0.2, 0) is 0 Å². The molecule has 0 amide bonds. The van der Waals surface area contributed by atoms with Crippen molar-refractivity contribution in [3.05, 3.63) is 38.7 Å². The average Bonchev–Trinajstić information content (AvgIpc) is 2.50. The number of Topliss-reactive ketones (excluding diaryl/α,β-unsaturated/α-hetero) is 1. The molecule has 3 heterocycles. The monoisotopic (exact) mass is 340 g/mol. The molecule has 5 nitrogen and oxygen atoms in total. The predicted molar refractivity (Wildman–Crippen MR) is 94.7 cm³/mol. The Balaban J connectivity index is 2.23. The summed E-state index contributed by atoms with van der Waals surface area (Å²) in [6, 6.07) is 0. The number of ketones is 1. The normalized spacial score (nSPS) is 20.7. The summed E-state index contributed by atoms with van der Waals surface area (Å²) in [5.74, 6) is 0.975. The van der Waals surface area contributed by atoms with Crippen LogP contribution in [0, 0.1) is 13.8 Å². The topological polar surface area (TPSA) is 65.7 Å². The van der Waals surface area contributed by atoms with Crippen molar-refractivity contribution in [2.75, 3.05) is 0 Å². The molecule has 0 radical (unpaired) electrons. The van der Waals surface area contributed by atoms with Gasteiger partial charge in [-0.25, -0.2) is 4.79 Å². The molecule has 0 saturated carbocycles. The fourth-order valence-corrected chi connectivity index (χ4v) is 3.48. The van der Waals surface area contributed by atoms with Crippen LogP contribution in [0.15, 0.2) is 15.3 Å². The second-order valence-corrected chi connectivity index (χ2v) is 7.39. The number of hydrogen-bond acceptors (Lipinski definition) is 5. The van der Waals surface area contributed by atoms with Gasteiger partial charge in [0.2, 0.25) is 0 Å². The zero-order valence-corrected chi connectivity index (χ0v) is 15.0. The van der Waals surface area contributed by atoms with Crippen LogP contribution in [0.2, 0.25) is 0 Å². The smallest absolute Gasteiger partial charge is 0.339 e. The van der Waals surface area contributed by atoms with Crippen LogP contribution < -0.4 is 15.1 Å². The van der Waals surface area contributed by atoms with E-state index in [2.05, 4.69) is 0 Å².